The van der Waals surface area contributed by atoms with Crippen LogP contribution in [0.1, 0.15) is 39.6 Å². The van der Waals surface area contributed by atoms with Crippen molar-refractivity contribution in [2.45, 2.75) is 38.5 Å². The third kappa shape index (κ3) is 2.85. The number of alkyl halides is 1. The first-order valence-electron chi connectivity index (χ1n) is 7.53. The topological polar surface area (TPSA) is 0 Å². The van der Waals surface area contributed by atoms with E-state index in [1.165, 1.54) is 11.1 Å². The number of benzene rings is 2. The molecule has 2 aromatic rings. The molecule has 0 amide bonds. The highest BCUT2D eigenvalue weighted by Gasteiger charge is 2.26. The maximum Gasteiger partial charge on any atom is 0.129 e. The minimum atomic E-state index is -0.114. The predicted molar refractivity (Wildman–Crippen MR) is 86.4 cm³/mol. The molecule has 2 unspecified atom stereocenters. The molecule has 1 aliphatic rings. The molecule has 0 heterocycles. The minimum absolute atomic E-state index is 0.0450. The van der Waals surface area contributed by atoms with Gasteiger partial charge in [0, 0.05) is 0 Å². The Morgan fingerprint density at radius 2 is 1.71 bits per heavy atom. The van der Waals surface area contributed by atoms with Crippen LogP contribution in [0, 0.1) is 25.6 Å². The van der Waals surface area contributed by atoms with Crippen LogP contribution in [-0.2, 0) is 12.8 Å². The fraction of sp³-hybridized carbons (Fsp3) is 0.368. The lowest BCUT2D eigenvalue weighted by Gasteiger charge is -2.28. The Labute approximate surface area is 131 Å². The molecule has 0 aromatic heterocycles. The van der Waals surface area contributed by atoms with Crippen LogP contribution >= 0.6 is 11.6 Å². The summed E-state index contributed by atoms with van der Waals surface area (Å²) in [7, 11) is 0. The monoisotopic (exact) mass is 302 g/mol. The van der Waals surface area contributed by atoms with Gasteiger partial charge in [-0.2, -0.15) is 0 Å². The Morgan fingerprint density at radius 3 is 2.38 bits per heavy atom. The first-order chi connectivity index (χ1) is 10.1. The molecule has 0 nitrogen and oxygen atoms in total. The molecule has 21 heavy (non-hydrogen) atoms. The molecule has 2 aromatic carbocycles. The van der Waals surface area contributed by atoms with Crippen molar-refractivity contribution in [3.8, 4) is 0 Å². The second-order valence-electron chi connectivity index (χ2n) is 6.14. The van der Waals surface area contributed by atoms with Crippen molar-refractivity contribution in [3.05, 3.63) is 70.0 Å². The van der Waals surface area contributed by atoms with Crippen LogP contribution < -0.4 is 0 Å². The van der Waals surface area contributed by atoms with E-state index in [9.17, 15) is 4.39 Å². The maximum absolute atomic E-state index is 13.8. The van der Waals surface area contributed by atoms with Gasteiger partial charge in [0.05, 0.1) is 5.38 Å². The fourth-order valence-corrected chi connectivity index (χ4v) is 3.73. The van der Waals surface area contributed by atoms with Crippen molar-refractivity contribution >= 4 is 11.6 Å². The van der Waals surface area contributed by atoms with Gasteiger partial charge >= 0.3 is 0 Å². The second-order valence-corrected chi connectivity index (χ2v) is 6.61. The SMILES string of the molecule is Cc1cc(C(Cl)C2CCc3ccccc3C2)cc(C)c1F. The van der Waals surface area contributed by atoms with Gasteiger partial charge in [-0.3, -0.25) is 0 Å². The summed E-state index contributed by atoms with van der Waals surface area (Å²) in [5, 5.41) is -0.0450. The smallest absolute Gasteiger partial charge is 0.129 e. The number of hydrogen-bond acceptors (Lipinski definition) is 0. The van der Waals surface area contributed by atoms with Crippen LogP contribution in [0.15, 0.2) is 36.4 Å². The highest BCUT2D eigenvalue weighted by Crippen LogP contribution is 2.39. The van der Waals surface area contributed by atoms with Gasteiger partial charge in [0.25, 0.3) is 0 Å². The van der Waals surface area contributed by atoms with Gasteiger partial charge < -0.3 is 0 Å². The number of halogens is 2. The second kappa shape index (κ2) is 5.81. The number of aryl methyl sites for hydroxylation is 3. The summed E-state index contributed by atoms with van der Waals surface area (Å²) >= 11 is 6.73. The van der Waals surface area contributed by atoms with E-state index in [-0.39, 0.29) is 11.2 Å². The van der Waals surface area contributed by atoms with Crippen molar-refractivity contribution in [3.63, 3.8) is 0 Å². The van der Waals surface area contributed by atoms with Gasteiger partial charge in [0.15, 0.2) is 0 Å². The molecule has 3 rings (SSSR count). The van der Waals surface area contributed by atoms with Gasteiger partial charge in [-0.1, -0.05) is 36.4 Å². The zero-order chi connectivity index (χ0) is 15.0. The lowest BCUT2D eigenvalue weighted by Crippen LogP contribution is -2.18. The van der Waals surface area contributed by atoms with Gasteiger partial charge in [0.1, 0.15) is 5.82 Å². The van der Waals surface area contributed by atoms with E-state index in [2.05, 4.69) is 24.3 Å². The Hall–Kier alpha value is -1.34. The molecule has 0 N–H and O–H groups in total. The zero-order valence-electron chi connectivity index (χ0n) is 12.5. The molecule has 2 heteroatoms. The van der Waals surface area contributed by atoms with Crippen LogP contribution in [-0.4, -0.2) is 0 Å². The first kappa shape index (κ1) is 14.6. The molecule has 110 valence electrons. The van der Waals surface area contributed by atoms with E-state index in [0.29, 0.717) is 17.0 Å². The molecular weight excluding hydrogens is 283 g/mol. The van der Waals surface area contributed by atoms with Gasteiger partial charge in [-0.05, 0) is 66.8 Å². The summed E-state index contributed by atoms with van der Waals surface area (Å²) in [6.07, 6.45) is 3.20. The summed E-state index contributed by atoms with van der Waals surface area (Å²) < 4.78 is 13.8. The number of hydrogen-bond donors (Lipinski definition) is 0. The Bertz CT molecular complexity index is 639. The molecule has 2 atom stereocenters. The Morgan fingerprint density at radius 1 is 1.10 bits per heavy atom. The fourth-order valence-electron chi connectivity index (χ4n) is 3.39. The van der Waals surface area contributed by atoms with E-state index in [1.54, 1.807) is 0 Å². The quantitative estimate of drug-likeness (QED) is 0.640. The van der Waals surface area contributed by atoms with E-state index in [4.69, 9.17) is 11.6 Å². The van der Waals surface area contributed by atoms with Gasteiger partial charge in [-0.15, -0.1) is 11.6 Å². The van der Waals surface area contributed by atoms with E-state index in [1.807, 2.05) is 26.0 Å². The first-order valence-corrected chi connectivity index (χ1v) is 7.97. The average molecular weight is 303 g/mol. The molecule has 0 aliphatic heterocycles. The highest BCUT2D eigenvalue weighted by molar-refractivity contribution is 6.21. The van der Waals surface area contributed by atoms with Gasteiger partial charge in [-0.25, -0.2) is 4.39 Å². The minimum Gasteiger partial charge on any atom is -0.206 e. The standard InChI is InChI=1S/C19H20ClF/c1-12-9-17(10-13(2)19(12)21)18(20)16-8-7-14-5-3-4-6-15(14)11-16/h3-6,9-10,16,18H,7-8,11H2,1-2H3. The lowest BCUT2D eigenvalue weighted by molar-refractivity contribution is 0.443. The Balaban J connectivity index is 1.85. The predicted octanol–water partition coefficient (Wildman–Crippen LogP) is 5.53. The molecule has 0 bridgehead atoms. The molecule has 0 radical (unpaired) electrons. The lowest BCUT2D eigenvalue weighted by atomic mass is 9.80. The van der Waals surface area contributed by atoms with Crippen molar-refractivity contribution in [2.24, 2.45) is 5.92 Å². The van der Waals surface area contributed by atoms with Crippen LogP contribution in [0.5, 0.6) is 0 Å². The molecule has 0 spiro atoms. The van der Waals surface area contributed by atoms with Crippen LogP contribution in [0.2, 0.25) is 0 Å². The normalized spacial score (nSPS) is 19.1. The molecule has 0 fully saturated rings. The summed E-state index contributed by atoms with van der Waals surface area (Å²) in [5.74, 6) is 0.308. The maximum atomic E-state index is 13.8. The zero-order valence-corrected chi connectivity index (χ0v) is 13.3. The number of rotatable bonds is 2. The van der Waals surface area contributed by atoms with Gasteiger partial charge in [0.2, 0.25) is 0 Å². The van der Waals surface area contributed by atoms with Crippen molar-refractivity contribution < 1.29 is 4.39 Å². The largest absolute Gasteiger partial charge is 0.206 e. The third-order valence-corrected chi connectivity index (χ3v) is 5.18. The Kier molecular flexibility index (Phi) is 4.03. The van der Waals surface area contributed by atoms with Crippen molar-refractivity contribution in [2.75, 3.05) is 0 Å². The molecule has 0 saturated carbocycles. The summed E-state index contributed by atoms with van der Waals surface area (Å²) in [6, 6.07) is 12.4. The third-order valence-electron chi connectivity index (χ3n) is 4.58. The molecule has 1 aliphatic carbocycles. The van der Waals surface area contributed by atoms with Crippen LogP contribution in [0.4, 0.5) is 4.39 Å². The summed E-state index contributed by atoms with van der Waals surface area (Å²) in [5.41, 5.74) is 5.29. The highest BCUT2D eigenvalue weighted by atomic mass is 35.5. The summed E-state index contributed by atoms with van der Waals surface area (Å²) in [4.78, 5) is 0. The summed E-state index contributed by atoms with van der Waals surface area (Å²) in [6.45, 7) is 3.62. The van der Waals surface area contributed by atoms with Crippen molar-refractivity contribution in [1.82, 2.24) is 0 Å². The van der Waals surface area contributed by atoms with Crippen LogP contribution in [0.3, 0.4) is 0 Å². The molecule has 0 saturated heterocycles. The number of fused-ring (bicyclic) bond motifs is 1. The van der Waals surface area contributed by atoms with E-state index < -0.39 is 0 Å². The van der Waals surface area contributed by atoms with Crippen molar-refractivity contribution in [1.29, 1.82) is 0 Å². The van der Waals surface area contributed by atoms with Crippen LogP contribution in [0.25, 0.3) is 0 Å². The average Bonchev–Trinajstić information content (AvgIpc) is 2.51. The van der Waals surface area contributed by atoms with E-state index >= 15 is 0 Å². The van der Waals surface area contributed by atoms with E-state index in [0.717, 1.165) is 24.8 Å². The molecular formula is C19H20ClF.